The highest BCUT2D eigenvalue weighted by molar-refractivity contribution is 5.99. The number of phenols is 1. The smallest absolute Gasteiger partial charge is 0.298 e. The normalized spacial score (nSPS) is 10.7. The summed E-state index contributed by atoms with van der Waals surface area (Å²) < 4.78 is 16.5. The van der Waals surface area contributed by atoms with Crippen molar-refractivity contribution < 1.29 is 28.9 Å². The van der Waals surface area contributed by atoms with Crippen LogP contribution in [0.2, 0.25) is 0 Å². The number of hydrogen-bond acceptors (Lipinski definition) is 6. The largest absolute Gasteiger partial charge is 0.507 e. The van der Waals surface area contributed by atoms with Crippen LogP contribution in [0.4, 0.5) is 0 Å². The van der Waals surface area contributed by atoms with E-state index in [1.54, 1.807) is 31.2 Å². The van der Waals surface area contributed by atoms with Gasteiger partial charge in [0.2, 0.25) is 0 Å². The summed E-state index contributed by atoms with van der Waals surface area (Å²) in [5.74, 6) is 1.90. The van der Waals surface area contributed by atoms with E-state index >= 15 is 0 Å². The van der Waals surface area contributed by atoms with Crippen LogP contribution in [0.15, 0.2) is 30.3 Å². The van der Waals surface area contributed by atoms with E-state index in [-0.39, 0.29) is 17.5 Å². The van der Waals surface area contributed by atoms with Crippen LogP contribution in [0.5, 0.6) is 23.0 Å². The maximum Gasteiger partial charge on any atom is 0.298 e. The zero-order chi connectivity index (χ0) is 22.1. The molecule has 0 amide bonds. The van der Waals surface area contributed by atoms with Crippen LogP contribution in [0.25, 0.3) is 0 Å². The lowest BCUT2D eigenvalue weighted by Gasteiger charge is -2.14. The van der Waals surface area contributed by atoms with Gasteiger partial charge in [-0.3, -0.25) is 9.59 Å². The molecule has 0 bridgehead atoms. The minimum atomic E-state index is -0.0628. The Bertz CT molecular complexity index is 872. The van der Waals surface area contributed by atoms with Gasteiger partial charge in [-0.15, -0.1) is 0 Å². The van der Waals surface area contributed by atoms with E-state index < -0.39 is 0 Å². The second-order valence-corrected chi connectivity index (χ2v) is 7.60. The zero-order valence-corrected chi connectivity index (χ0v) is 18.1. The van der Waals surface area contributed by atoms with Gasteiger partial charge in [0.1, 0.15) is 23.0 Å². The van der Waals surface area contributed by atoms with E-state index in [0.717, 1.165) is 18.4 Å². The summed E-state index contributed by atoms with van der Waals surface area (Å²) >= 11 is 0. The molecule has 162 valence electrons. The molecule has 0 saturated heterocycles. The van der Waals surface area contributed by atoms with Crippen molar-refractivity contribution in [2.45, 2.75) is 47.0 Å². The Hall–Kier alpha value is -3.02. The molecule has 0 heterocycles. The van der Waals surface area contributed by atoms with Crippen molar-refractivity contribution in [3.8, 4) is 23.0 Å². The molecule has 0 radical (unpaired) electrons. The number of carbonyl (C=O) groups excluding carboxylic acids is 2. The van der Waals surface area contributed by atoms with Crippen molar-refractivity contribution in [2.24, 2.45) is 5.92 Å². The molecule has 0 aromatic heterocycles. The minimum absolute atomic E-state index is 0.00520. The lowest BCUT2D eigenvalue weighted by Crippen LogP contribution is -2.07. The van der Waals surface area contributed by atoms with Crippen molar-refractivity contribution in [1.82, 2.24) is 0 Å². The fraction of sp³-hybridized carbons (Fsp3) is 0.417. The molecule has 2 rings (SSSR count). The monoisotopic (exact) mass is 414 g/mol. The summed E-state index contributed by atoms with van der Waals surface area (Å²) in [6, 6.07) is 8.68. The molecule has 0 saturated carbocycles. The molecule has 0 aliphatic rings. The first kappa shape index (κ1) is 23.3. The van der Waals surface area contributed by atoms with Gasteiger partial charge in [-0.1, -0.05) is 19.9 Å². The summed E-state index contributed by atoms with van der Waals surface area (Å²) in [4.78, 5) is 22.7. The van der Waals surface area contributed by atoms with Gasteiger partial charge in [-0.05, 0) is 56.9 Å². The Morgan fingerprint density at radius 2 is 1.57 bits per heavy atom. The van der Waals surface area contributed by atoms with Gasteiger partial charge in [0.15, 0.2) is 5.78 Å². The van der Waals surface area contributed by atoms with Crippen molar-refractivity contribution >= 4 is 12.3 Å². The molecular weight excluding hydrogens is 384 g/mol. The van der Waals surface area contributed by atoms with Crippen molar-refractivity contribution in [2.75, 3.05) is 13.2 Å². The number of hydrogen-bond donors (Lipinski definition) is 1. The first-order valence-electron chi connectivity index (χ1n) is 10.2. The predicted octanol–water partition coefficient (Wildman–Crippen LogP) is 5.01. The first-order valence-corrected chi connectivity index (χ1v) is 10.2. The molecule has 1 N–H and O–H groups in total. The summed E-state index contributed by atoms with van der Waals surface area (Å²) in [5.41, 5.74) is 1.70. The standard InChI is InChI=1S/C24H30O6/c1-16(2)14-20(26)19-10-11-23(18(4)24(19)27)29-13-6-5-12-28-21-8-7-9-22(17(21)3)30-15-25/h7-11,15-16,27H,5-6,12-14H2,1-4H3. The van der Waals surface area contributed by atoms with E-state index in [1.807, 2.05) is 26.8 Å². The molecule has 2 aromatic rings. The van der Waals surface area contributed by atoms with Crippen LogP contribution in [-0.4, -0.2) is 30.6 Å². The minimum Gasteiger partial charge on any atom is -0.507 e. The fourth-order valence-electron chi connectivity index (χ4n) is 3.04. The van der Waals surface area contributed by atoms with Crippen LogP contribution in [-0.2, 0) is 4.79 Å². The Morgan fingerprint density at radius 3 is 2.17 bits per heavy atom. The highest BCUT2D eigenvalue weighted by Gasteiger charge is 2.17. The molecule has 6 nitrogen and oxygen atoms in total. The molecule has 6 heteroatoms. The summed E-state index contributed by atoms with van der Waals surface area (Å²) in [5, 5.41) is 10.4. The number of ether oxygens (including phenoxy) is 3. The van der Waals surface area contributed by atoms with E-state index in [2.05, 4.69) is 0 Å². The molecule has 0 fully saturated rings. The van der Waals surface area contributed by atoms with Crippen LogP contribution in [0.3, 0.4) is 0 Å². The Kier molecular flexibility index (Phi) is 8.71. The van der Waals surface area contributed by atoms with Gasteiger partial charge < -0.3 is 19.3 Å². The van der Waals surface area contributed by atoms with Crippen molar-refractivity contribution in [3.63, 3.8) is 0 Å². The molecule has 0 spiro atoms. The molecule has 2 aromatic carbocycles. The Balaban J connectivity index is 1.81. The van der Waals surface area contributed by atoms with Crippen LogP contribution < -0.4 is 14.2 Å². The Morgan fingerprint density at radius 1 is 0.967 bits per heavy atom. The van der Waals surface area contributed by atoms with E-state index in [4.69, 9.17) is 14.2 Å². The van der Waals surface area contributed by atoms with Crippen molar-refractivity contribution in [1.29, 1.82) is 0 Å². The third-order valence-electron chi connectivity index (χ3n) is 4.74. The number of rotatable bonds is 12. The number of phenolic OH excluding ortho intramolecular Hbond substituents is 1. The third-order valence-corrected chi connectivity index (χ3v) is 4.74. The van der Waals surface area contributed by atoms with Gasteiger partial charge in [0.05, 0.1) is 18.8 Å². The number of benzene rings is 2. The van der Waals surface area contributed by atoms with Gasteiger partial charge in [-0.25, -0.2) is 0 Å². The number of ketones is 1. The molecule has 0 unspecified atom stereocenters. The zero-order valence-electron chi connectivity index (χ0n) is 18.1. The van der Waals surface area contributed by atoms with Gasteiger partial charge >= 0.3 is 0 Å². The average molecular weight is 414 g/mol. The quantitative estimate of drug-likeness (QED) is 0.299. The van der Waals surface area contributed by atoms with Gasteiger partial charge in [0, 0.05) is 17.5 Å². The number of Topliss-reactive ketones (excluding diaryl/α,β-unsaturated/α-hetero) is 1. The second-order valence-electron chi connectivity index (χ2n) is 7.60. The summed E-state index contributed by atoms with van der Waals surface area (Å²) in [7, 11) is 0. The SMILES string of the molecule is Cc1c(OC=O)cccc1OCCCCOc1ccc(C(=O)CC(C)C)c(O)c1C. The second kappa shape index (κ2) is 11.2. The van der Waals surface area contributed by atoms with Crippen LogP contribution >= 0.6 is 0 Å². The fourth-order valence-corrected chi connectivity index (χ4v) is 3.04. The van der Waals surface area contributed by atoms with Crippen LogP contribution in [0.1, 0.15) is 54.6 Å². The summed E-state index contributed by atoms with van der Waals surface area (Å²) in [6.07, 6.45) is 1.93. The van der Waals surface area contributed by atoms with E-state index in [9.17, 15) is 14.7 Å². The van der Waals surface area contributed by atoms with E-state index in [0.29, 0.717) is 54.5 Å². The average Bonchev–Trinajstić information content (AvgIpc) is 2.69. The lowest BCUT2D eigenvalue weighted by molar-refractivity contribution is -0.120. The highest BCUT2D eigenvalue weighted by Crippen LogP contribution is 2.32. The van der Waals surface area contributed by atoms with Crippen LogP contribution in [0, 0.1) is 19.8 Å². The van der Waals surface area contributed by atoms with Crippen molar-refractivity contribution in [3.05, 3.63) is 47.0 Å². The van der Waals surface area contributed by atoms with E-state index in [1.165, 1.54) is 0 Å². The molecule has 0 aliphatic heterocycles. The molecule has 0 atom stereocenters. The predicted molar refractivity (Wildman–Crippen MR) is 115 cm³/mol. The highest BCUT2D eigenvalue weighted by atomic mass is 16.5. The topological polar surface area (TPSA) is 82.1 Å². The summed E-state index contributed by atoms with van der Waals surface area (Å²) in [6.45, 7) is 8.90. The number of aromatic hydroxyl groups is 1. The maximum absolute atomic E-state index is 12.2. The van der Waals surface area contributed by atoms with Gasteiger partial charge in [0.25, 0.3) is 6.47 Å². The maximum atomic E-state index is 12.2. The third kappa shape index (κ3) is 6.24. The first-order chi connectivity index (χ1) is 14.3. The Labute approximate surface area is 177 Å². The molecule has 30 heavy (non-hydrogen) atoms. The molecular formula is C24H30O6. The lowest BCUT2D eigenvalue weighted by atomic mass is 9.98. The van der Waals surface area contributed by atoms with Gasteiger partial charge in [-0.2, -0.15) is 0 Å². The number of carbonyl (C=O) groups is 2. The number of unbranched alkanes of at least 4 members (excludes halogenated alkanes) is 1. The molecule has 0 aliphatic carbocycles.